The summed E-state index contributed by atoms with van der Waals surface area (Å²) in [4.78, 5) is 38.3. The van der Waals surface area contributed by atoms with Gasteiger partial charge in [-0.1, -0.05) is 295 Å². The standard InChI is InChI=1S/C67H124O6/c1-4-7-10-13-16-19-22-25-28-31-33-36-39-42-45-48-51-54-57-60-66(69)72-63-64(62-71-65(68)59-56-53-50-47-44-41-38-35-30-27-24-21-18-15-12-9-6-3)73-67(70)61-58-55-52-49-46-43-40-37-34-32-29-26-23-20-17-14-11-8-5-2/h16,19,25,28,32,34,64H,4-15,17-18,20-24,26-27,29-31,33,35-63H2,1-3H3/b19-16-,28-25-,34-32-/t64-/m1/s1. The Labute approximate surface area is 455 Å². The highest BCUT2D eigenvalue weighted by Crippen LogP contribution is 2.17. The first-order valence-corrected chi connectivity index (χ1v) is 32.5. The zero-order valence-corrected chi connectivity index (χ0v) is 49.2. The van der Waals surface area contributed by atoms with Crippen molar-refractivity contribution in [3.8, 4) is 0 Å². The van der Waals surface area contributed by atoms with Crippen LogP contribution in [0, 0.1) is 0 Å². The molecule has 0 spiro atoms. The van der Waals surface area contributed by atoms with Crippen LogP contribution in [0.2, 0.25) is 0 Å². The van der Waals surface area contributed by atoms with Crippen LogP contribution in [0.25, 0.3) is 0 Å². The van der Waals surface area contributed by atoms with Crippen molar-refractivity contribution >= 4 is 17.9 Å². The van der Waals surface area contributed by atoms with Gasteiger partial charge in [-0.05, 0) is 77.0 Å². The molecule has 0 aromatic heterocycles. The summed E-state index contributed by atoms with van der Waals surface area (Å²) in [7, 11) is 0. The summed E-state index contributed by atoms with van der Waals surface area (Å²) in [5.74, 6) is -0.854. The van der Waals surface area contributed by atoms with Crippen molar-refractivity contribution in [3.63, 3.8) is 0 Å². The Morgan fingerprint density at radius 2 is 0.493 bits per heavy atom. The molecule has 428 valence electrons. The van der Waals surface area contributed by atoms with Crippen molar-refractivity contribution in [1.29, 1.82) is 0 Å². The third kappa shape index (κ3) is 60.4. The molecule has 0 unspecified atom stereocenters. The highest BCUT2D eigenvalue weighted by atomic mass is 16.6. The monoisotopic (exact) mass is 1020 g/mol. The maximum Gasteiger partial charge on any atom is 0.306 e. The third-order valence-electron chi connectivity index (χ3n) is 14.6. The molecule has 0 heterocycles. The zero-order chi connectivity index (χ0) is 52.9. The summed E-state index contributed by atoms with van der Waals surface area (Å²) in [5, 5.41) is 0. The fourth-order valence-electron chi connectivity index (χ4n) is 9.71. The molecule has 0 radical (unpaired) electrons. The summed E-state index contributed by atoms with van der Waals surface area (Å²) in [5.41, 5.74) is 0. The van der Waals surface area contributed by atoms with Crippen LogP contribution in [0.15, 0.2) is 36.5 Å². The average molecular weight is 1030 g/mol. The van der Waals surface area contributed by atoms with Crippen LogP contribution in [-0.4, -0.2) is 37.2 Å². The summed E-state index contributed by atoms with van der Waals surface area (Å²) < 4.78 is 17.0. The van der Waals surface area contributed by atoms with Crippen molar-refractivity contribution in [2.75, 3.05) is 13.2 Å². The lowest BCUT2D eigenvalue weighted by molar-refractivity contribution is -0.167. The van der Waals surface area contributed by atoms with Crippen LogP contribution in [0.3, 0.4) is 0 Å². The van der Waals surface area contributed by atoms with Crippen LogP contribution < -0.4 is 0 Å². The van der Waals surface area contributed by atoms with Gasteiger partial charge in [0.1, 0.15) is 13.2 Å². The highest BCUT2D eigenvalue weighted by Gasteiger charge is 2.19. The smallest absolute Gasteiger partial charge is 0.306 e. The van der Waals surface area contributed by atoms with E-state index in [0.717, 1.165) is 64.2 Å². The van der Waals surface area contributed by atoms with Crippen molar-refractivity contribution in [1.82, 2.24) is 0 Å². The number of carbonyl (C=O) groups excluding carboxylic acids is 3. The number of carbonyl (C=O) groups is 3. The quantitative estimate of drug-likeness (QED) is 0.0261. The molecule has 73 heavy (non-hydrogen) atoms. The molecule has 1 atom stereocenters. The molecule has 6 nitrogen and oxygen atoms in total. The van der Waals surface area contributed by atoms with Gasteiger partial charge in [-0.3, -0.25) is 14.4 Å². The third-order valence-corrected chi connectivity index (χ3v) is 14.6. The number of hydrogen-bond acceptors (Lipinski definition) is 6. The molecule has 0 rings (SSSR count). The second kappa shape index (κ2) is 62.2. The van der Waals surface area contributed by atoms with Gasteiger partial charge >= 0.3 is 17.9 Å². The Bertz CT molecular complexity index is 1220. The average Bonchev–Trinajstić information content (AvgIpc) is 3.39. The van der Waals surface area contributed by atoms with Gasteiger partial charge in [0.05, 0.1) is 0 Å². The molecule has 0 fully saturated rings. The Morgan fingerprint density at radius 3 is 0.795 bits per heavy atom. The van der Waals surface area contributed by atoms with Crippen LogP contribution in [-0.2, 0) is 28.6 Å². The number of unbranched alkanes of at least 4 members (excludes halogenated alkanes) is 43. The number of allylic oxidation sites excluding steroid dienone is 6. The largest absolute Gasteiger partial charge is 0.462 e. The van der Waals surface area contributed by atoms with Gasteiger partial charge in [0, 0.05) is 19.3 Å². The van der Waals surface area contributed by atoms with Gasteiger partial charge in [-0.2, -0.15) is 0 Å². The number of rotatable bonds is 60. The molecule has 6 heteroatoms. The topological polar surface area (TPSA) is 78.9 Å². The fraction of sp³-hybridized carbons (Fsp3) is 0.866. The Morgan fingerprint density at radius 1 is 0.274 bits per heavy atom. The fourth-order valence-corrected chi connectivity index (χ4v) is 9.71. The number of ether oxygens (including phenoxy) is 3. The van der Waals surface area contributed by atoms with E-state index >= 15 is 0 Å². The maximum atomic E-state index is 12.9. The molecule has 0 aliphatic carbocycles. The zero-order valence-electron chi connectivity index (χ0n) is 49.2. The molecule has 0 saturated carbocycles. The number of hydrogen-bond donors (Lipinski definition) is 0. The van der Waals surface area contributed by atoms with Gasteiger partial charge in [-0.15, -0.1) is 0 Å². The Hall–Kier alpha value is -2.37. The van der Waals surface area contributed by atoms with Gasteiger partial charge in [0.2, 0.25) is 0 Å². The van der Waals surface area contributed by atoms with E-state index in [1.54, 1.807) is 0 Å². The molecule has 0 aromatic rings. The molecule has 0 aliphatic rings. The first kappa shape index (κ1) is 70.6. The Kier molecular flexibility index (Phi) is 60.2. The van der Waals surface area contributed by atoms with E-state index in [1.165, 1.54) is 250 Å². The van der Waals surface area contributed by atoms with Crippen molar-refractivity contribution in [2.45, 2.75) is 361 Å². The molecule has 0 aromatic carbocycles. The second-order valence-electron chi connectivity index (χ2n) is 22.0. The summed E-state index contributed by atoms with van der Waals surface area (Å²) in [6.45, 7) is 6.67. The van der Waals surface area contributed by atoms with E-state index in [-0.39, 0.29) is 31.1 Å². The van der Waals surface area contributed by atoms with Crippen LogP contribution >= 0.6 is 0 Å². The normalized spacial score (nSPS) is 12.2. The second-order valence-corrected chi connectivity index (χ2v) is 22.0. The van der Waals surface area contributed by atoms with Crippen LogP contribution in [0.1, 0.15) is 355 Å². The lowest BCUT2D eigenvalue weighted by Gasteiger charge is -2.18. The maximum absolute atomic E-state index is 12.9. The van der Waals surface area contributed by atoms with Gasteiger partial charge < -0.3 is 14.2 Å². The van der Waals surface area contributed by atoms with Crippen molar-refractivity contribution in [2.24, 2.45) is 0 Å². The van der Waals surface area contributed by atoms with E-state index in [1.807, 2.05) is 0 Å². The summed E-state index contributed by atoms with van der Waals surface area (Å²) >= 11 is 0. The van der Waals surface area contributed by atoms with Crippen molar-refractivity contribution in [3.05, 3.63) is 36.5 Å². The lowest BCUT2D eigenvalue weighted by Crippen LogP contribution is -2.30. The minimum absolute atomic E-state index is 0.0707. The van der Waals surface area contributed by atoms with E-state index in [0.29, 0.717) is 19.3 Å². The van der Waals surface area contributed by atoms with Crippen LogP contribution in [0.5, 0.6) is 0 Å². The summed E-state index contributed by atoms with van der Waals surface area (Å²) in [6, 6.07) is 0. The highest BCUT2D eigenvalue weighted by molar-refractivity contribution is 5.71. The molecule has 0 bridgehead atoms. The number of esters is 3. The van der Waals surface area contributed by atoms with E-state index in [4.69, 9.17) is 14.2 Å². The van der Waals surface area contributed by atoms with Crippen LogP contribution in [0.4, 0.5) is 0 Å². The minimum atomic E-state index is -0.774. The predicted octanol–water partition coefficient (Wildman–Crippen LogP) is 22.0. The molecule has 0 saturated heterocycles. The SMILES string of the molecule is CCCCC/C=C\C/C=C\CCCCCCCCCCCC(=O)OC[C@@H](COC(=O)CCCCCCCCCCCCCCCCCCC)OC(=O)CCCCCCCCC/C=C\CCCCCCCCCC. The van der Waals surface area contributed by atoms with E-state index in [9.17, 15) is 14.4 Å². The van der Waals surface area contributed by atoms with Gasteiger partial charge in [0.25, 0.3) is 0 Å². The molecule has 0 amide bonds. The van der Waals surface area contributed by atoms with Gasteiger partial charge in [-0.25, -0.2) is 0 Å². The molecular weight excluding hydrogens is 901 g/mol. The predicted molar refractivity (Wildman–Crippen MR) is 316 cm³/mol. The van der Waals surface area contributed by atoms with E-state index in [2.05, 4.69) is 57.2 Å². The molecular formula is C67H124O6. The first-order chi connectivity index (χ1) is 36.0. The lowest BCUT2D eigenvalue weighted by atomic mass is 10.0. The first-order valence-electron chi connectivity index (χ1n) is 32.5. The van der Waals surface area contributed by atoms with Crippen molar-refractivity contribution < 1.29 is 28.6 Å². The van der Waals surface area contributed by atoms with E-state index < -0.39 is 6.10 Å². The summed E-state index contributed by atoms with van der Waals surface area (Å²) in [6.07, 6.45) is 75.7. The van der Waals surface area contributed by atoms with Gasteiger partial charge in [0.15, 0.2) is 6.10 Å². The molecule has 0 aliphatic heterocycles. The Balaban J connectivity index is 4.34. The minimum Gasteiger partial charge on any atom is -0.462 e. The molecule has 0 N–H and O–H groups in total.